The fourth-order valence-electron chi connectivity index (χ4n) is 2.93. The lowest BCUT2D eigenvalue weighted by Crippen LogP contribution is -2.20. The van der Waals surface area contributed by atoms with Crippen molar-refractivity contribution >= 4 is 28.1 Å². The zero-order valence-electron chi connectivity index (χ0n) is 11.1. The number of aromatic nitrogens is 1. The van der Waals surface area contributed by atoms with E-state index >= 15 is 0 Å². The highest BCUT2D eigenvalue weighted by Crippen LogP contribution is 2.42. The third-order valence-electron chi connectivity index (χ3n) is 3.91. The fraction of sp³-hybridized carbons (Fsp3) is 0.0588. The van der Waals surface area contributed by atoms with Crippen molar-refractivity contribution in [3.63, 3.8) is 0 Å². The maximum Gasteiger partial charge on any atom is 0.315 e. The Kier molecular flexibility index (Phi) is 2.44. The number of benzene rings is 2. The van der Waals surface area contributed by atoms with Crippen LogP contribution in [0.15, 0.2) is 54.9 Å². The average Bonchev–Trinajstić information content (AvgIpc) is 2.50. The smallest absolute Gasteiger partial charge is 0.315 e. The number of rotatable bonds is 1. The highest BCUT2D eigenvalue weighted by atomic mass is 16.4. The van der Waals surface area contributed by atoms with E-state index in [0.29, 0.717) is 5.56 Å². The Morgan fingerprint density at radius 1 is 1.05 bits per heavy atom. The Morgan fingerprint density at radius 2 is 1.81 bits per heavy atom. The lowest BCUT2D eigenvalue weighted by molar-refractivity contribution is -0.137. The van der Waals surface area contributed by atoms with Crippen molar-refractivity contribution in [2.45, 2.75) is 5.92 Å². The topological polar surface area (TPSA) is 62.2 Å². The number of pyridine rings is 1. The van der Waals surface area contributed by atoms with E-state index in [2.05, 4.69) is 10.3 Å². The van der Waals surface area contributed by atoms with E-state index in [0.717, 1.165) is 27.7 Å². The number of carboxylic acid groups (broad SMARTS) is 1. The second-order valence-corrected chi connectivity index (χ2v) is 5.15. The van der Waals surface area contributed by atoms with E-state index < -0.39 is 11.9 Å². The molecule has 0 saturated heterocycles. The van der Waals surface area contributed by atoms with Crippen LogP contribution >= 0.6 is 0 Å². The predicted octanol–water partition coefficient (Wildman–Crippen LogP) is 3.51. The summed E-state index contributed by atoms with van der Waals surface area (Å²) in [5.74, 6) is -1.54. The van der Waals surface area contributed by atoms with Gasteiger partial charge in [0.25, 0.3) is 0 Å². The van der Waals surface area contributed by atoms with Crippen LogP contribution in [0.3, 0.4) is 0 Å². The summed E-state index contributed by atoms with van der Waals surface area (Å²) in [6, 6.07) is 13.7. The van der Waals surface area contributed by atoms with Gasteiger partial charge in [-0.05, 0) is 34.5 Å². The molecule has 0 radical (unpaired) electrons. The van der Waals surface area contributed by atoms with E-state index in [1.54, 1.807) is 12.4 Å². The number of carbonyl (C=O) groups is 1. The van der Waals surface area contributed by atoms with E-state index in [-0.39, 0.29) is 0 Å². The Morgan fingerprint density at radius 3 is 2.57 bits per heavy atom. The summed E-state index contributed by atoms with van der Waals surface area (Å²) in [6.45, 7) is 0. The minimum Gasteiger partial charge on any atom is -0.481 e. The van der Waals surface area contributed by atoms with E-state index in [1.807, 2.05) is 42.5 Å². The van der Waals surface area contributed by atoms with Crippen molar-refractivity contribution in [2.75, 3.05) is 5.32 Å². The van der Waals surface area contributed by atoms with Crippen molar-refractivity contribution in [1.29, 1.82) is 0 Å². The molecule has 4 heteroatoms. The van der Waals surface area contributed by atoms with Gasteiger partial charge >= 0.3 is 5.97 Å². The molecule has 2 N–H and O–H groups in total. The summed E-state index contributed by atoms with van der Waals surface area (Å²) in [4.78, 5) is 15.8. The molecule has 2 aromatic carbocycles. The molecule has 4 rings (SSSR count). The highest BCUT2D eigenvalue weighted by molar-refractivity contribution is 5.95. The molecule has 0 fully saturated rings. The Balaban J connectivity index is 2.01. The largest absolute Gasteiger partial charge is 0.481 e. The van der Waals surface area contributed by atoms with Crippen LogP contribution in [0, 0.1) is 0 Å². The SMILES string of the molecule is O=C(O)C1c2cnccc2Nc2cc3ccccc3cc21. The van der Waals surface area contributed by atoms with Crippen LogP contribution in [0.25, 0.3) is 10.8 Å². The predicted molar refractivity (Wildman–Crippen MR) is 80.9 cm³/mol. The number of nitrogens with zero attached hydrogens (tertiary/aromatic N) is 1. The first-order chi connectivity index (χ1) is 10.2. The summed E-state index contributed by atoms with van der Waals surface area (Å²) in [5.41, 5.74) is 3.13. The normalized spacial score (nSPS) is 15.9. The molecule has 0 spiro atoms. The molecule has 1 unspecified atom stereocenters. The summed E-state index contributed by atoms with van der Waals surface area (Å²) < 4.78 is 0. The number of fused-ring (bicyclic) bond motifs is 3. The fourth-order valence-corrected chi connectivity index (χ4v) is 2.93. The van der Waals surface area contributed by atoms with Crippen molar-refractivity contribution in [2.24, 2.45) is 0 Å². The molecule has 1 aromatic heterocycles. The van der Waals surface area contributed by atoms with Gasteiger partial charge in [0, 0.05) is 29.3 Å². The Labute approximate surface area is 121 Å². The molecule has 3 aromatic rings. The number of hydrogen-bond donors (Lipinski definition) is 2. The van der Waals surface area contributed by atoms with Crippen LogP contribution in [0.2, 0.25) is 0 Å². The first kappa shape index (κ1) is 11.9. The van der Waals surface area contributed by atoms with Gasteiger partial charge in [0.05, 0.1) is 0 Å². The van der Waals surface area contributed by atoms with E-state index in [1.165, 1.54) is 0 Å². The molecule has 0 amide bonds. The third-order valence-corrected chi connectivity index (χ3v) is 3.91. The molecule has 4 nitrogen and oxygen atoms in total. The van der Waals surface area contributed by atoms with Gasteiger partial charge in [-0.15, -0.1) is 0 Å². The molecule has 1 aliphatic rings. The number of anilines is 2. The Bertz CT molecular complexity index is 874. The molecule has 1 atom stereocenters. The first-order valence-electron chi connectivity index (χ1n) is 6.70. The molecule has 1 aliphatic heterocycles. The summed E-state index contributed by atoms with van der Waals surface area (Å²) in [7, 11) is 0. The standard InChI is InChI=1S/C17H12N2O2/c20-17(21)16-12-7-10-3-1-2-4-11(10)8-15(12)19-14-5-6-18-9-13(14)16/h1-9,16,19H,(H,20,21). The minimum absolute atomic E-state index is 0.686. The van der Waals surface area contributed by atoms with E-state index in [9.17, 15) is 9.90 Å². The lowest BCUT2D eigenvalue weighted by Gasteiger charge is -2.26. The minimum atomic E-state index is -0.859. The molecule has 0 saturated carbocycles. The van der Waals surface area contributed by atoms with Crippen LogP contribution in [-0.4, -0.2) is 16.1 Å². The van der Waals surface area contributed by atoms with Gasteiger partial charge in [0.15, 0.2) is 0 Å². The van der Waals surface area contributed by atoms with Crippen molar-refractivity contribution < 1.29 is 9.90 Å². The molecular formula is C17H12N2O2. The van der Waals surface area contributed by atoms with Crippen LogP contribution in [0.1, 0.15) is 17.0 Å². The summed E-state index contributed by atoms with van der Waals surface area (Å²) >= 11 is 0. The average molecular weight is 276 g/mol. The Hall–Kier alpha value is -2.88. The van der Waals surface area contributed by atoms with Gasteiger partial charge in [-0.25, -0.2) is 0 Å². The van der Waals surface area contributed by atoms with Crippen LogP contribution in [-0.2, 0) is 4.79 Å². The molecule has 21 heavy (non-hydrogen) atoms. The monoisotopic (exact) mass is 276 g/mol. The second-order valence-electron chi connectivity index (χ2n) is 5.15. The lowest BCUT2D eigenvalue weighted by atomic mass is 9.85. The van der Waals surface area contributed by atoms with Crippen molar-refractivity contribution in [3.8, 4) is 0 Å². The summed E-state index contributed by atoms with van der Waals surface area (Å²) in [6.07, 6.45) is 3.29. The van der Waals surface area contributed by atoms with Gasteiger partial charge in [0.2, 0.25) is 0 Å². The van der Waals surface area contributed by atoms with Crippen LogP contribution in [0.4, 0.5) is 11.4 Å². The highest BCUT2D eigenvalue weighted by Gasteiger charge is 2.31. The molecule has 2 heterocycles. The van der Waals surface area contributed by atoms with Gasteiger partial charge in [0.1, 0.15) is 5.92 Å². The summed E-state index contributed by atoms with van der Waals surface area (Å²) in [5, 5.41) is 15.1. The third kappa shape index (κ3) is 1.76. The quantitative estimate of drug-likeness (QED) is 0.714. The number of aliphatic carboxylic acids is 1. The number of hydrogen-bond acceptors (Lipinski definition) is 3. The van der Waals surface area contributed by atoms with Gasteiger partial charge in [-0.2, -0.15) is 0 Å². The first-order valence-corrected chi connectivity index (χ1v) is 6.70. The molecule has 0 aliphatic carbocycles. The molecular weight excluding hydrogens is 264 g/mol. The van der Waals surface area contributed by atoms with Crippen molar-refractivity contribution in [1.82, 2.24) is 4.98 Å². The maximum atomic E-state index is 11.8. The number of nitrogens with one attached hydrogen (secondary N) is 1. The van der Waals surface area contributed by atoms with Gasteiger partial charge < -0.3 is 10.4 Å². The van der Waals surface area contributed by atoms with E-state index in [4.69, 9.17) is 0 Å². The molecule has 102 valence electrons. The van der Waals surface area contributed by atoms with Gasteiger partial charge in [-0.1, -0.05) is 24.3 Å². The molecule has 0 bridgehead atoms. The van der Waals surface area contributed by atoms with Crippen LogP contribution in [0.5, 0.6) is 0 Å². The van der Waals surface area contributed by atoms with Crippen molar-refractivity contribution in [3.05, 3.63) is 66.0 Å². The van der Waals surface area contributed by atoms with Crippen LogP contribution < -0.4 is 5.32 Å². The van der Waals surface area contributed by atoms with Gasteiger partial charge in [-0.3, -0.25) is 9.78 Å². The zero-order valence-corrected chi connectivity index (χ0v) is 11.1. The maximum absolute atomic E-state index is 11.8. The zero-order chi connectivity index (χ0) is 14.4. The second kappa shape index (κ2) is 4.31. The number of carboxylic acids is 1.